The fourth-order valence-electron chi connectivity index (χ4n) is 0. The van der Waals surface area contributed by atoms with Crippen LogP contribution >= 0.6 is 31.9 Å². The Hall–Kier alpha value is 1.73. The molecule has 0 unspecified atom stereocenters. The molecule has 0 spiro atoms. The van der Waals surface area contributed by atoms with Crippen LogP contribution < -0.4 is 0 Å². The van der Waals surface area contributed by atoms with Crippen molar-refractivity contribution in [2.45, 2.75) is 0 Å². The molecule has 0 fully saturated rings. The first-order valence-electron chi connectivity index (χ1n) is 0.535. The van der Waals surface area contributed by atoms with Crippen LogP contribution in [0, 0.1) is 0 Å². The number of alkyl halides is 2. The summed E-state index contributed by atoms with van der Waals surface area (Å²) in [5.74, 6) is 0. The first kappa shape index (κ1) is 9.21. The van der Waals surface area contributed by atoms with Gasteiger partial charge in [-0.3, -0.25) is 0 Å². The molecule has 24 valence electrons. The van der Waals surface area contributed by atoms with E-state index in [1.807, 2.05) is 0 Å². The summed E-state index contributed by atoms with van der Waals surface area (Å²) in [5.41, 5.74) is 0. The van der Waals surface area contributed by atoms with Crippen molar-refractivity contribution < 1.29 is 2.85 Å². The van der Waals surface area contributed by atoms with E-state index in [2.05, 4.69) is 31.9 Å². The van der Waals surface area contributed by atoms with Gasteiger partial charge >= 0.3 is 23.1 Å². The van der Waals surface area contributed by atoms with Crippen molar-refractivity contribution in [3.8, 4) is 0 Å². The van der Waals surface area contributed by atoms with Gasteiger partial charge in [0.25, 0.3) is 0 Å². The maximum Gasteiger partial charge on any atom is 2.00 e. The molecule has 0 aromatic rings. The van der Waals surface area contributed by atoms with Gasteiger partial charge in [-0.05, 0) is 0 Å². The molecule has 0 saturated heterocycles. The fourth-order valence-corrected chi connectivity index (χ4v) is 0. The van der Waals surface area contributed by atoms with Gasteiger partial charge in [-0.25, -0.2) is 0 Å². The normalized spacial score (nSPS) is 4.50. The number of halogens is 2. The van der Waals surface area contributed by atoms with E-state index < -0.39 is 0 Å². The molecule has 0 aliphatic rings. The number of hydrogen-bond acceptors (Lipinski definition) is 0. The second-order valence-electron chi connectivity index (χ2n) is 0.101. The van der Waals surface area contributed by atoms with Gasteiger partial charge in [0, 0.05) is 0 Å². The first-order valence-corrected chi connectivity index (χ1v) is 2.78. The molecule has 0 saturated carbocycles. The van der Waals surface area contributed by atoms with E-state index in [4.69, 9.17) is 0 Å². The van der Waals surface area contributed by atoms with Crippen molar-refractivity contribution in [3.63, 3.8) is 0 Å². The van der Waals surface area contributed by atoms with Crippen LogP contribution in [0.15, 0.2) is 0 Å². The zero-order chi connectivity index (χ0) is 2.71. The van der Waals surface area contributed by atoms with Gasteiger partial charge in [0.1, 0.15) is 0 Å². The standard InChI is InChI=1S/CH2Br2.Mg.2H/c2-1-3;;;/h1H2;;;/q;+2;2*-1. The summed E-state index contributed by atoms with van der Waals surface area (Å²) in [6.07, 6.45) is 0. The van der Waals surface area contributed by atoms with Crippen LogP contribution in [0.1, 0.15) is 2.85 Å². The second-order valence-corrected chi connectivity index (χ2v) is 2.73. The molecule has 0 rings (SSSR count). The Labute approximate surface area is 61.7 Å². The van der Waals surface area contributed by atoms with Gasteiger partial charge in [0.15, 0.2) is 0 Å². The van der Waals surface area contributed by atoms with Crippen LogP contribution in [0.3, 0.4) is 0 Å². The maximum absolute atomic E-state index is 3.06. The molecule has 0 nitrogen and oxygen atoms in total. The van der Waals surface area contributed by atoms with Crippen molar-refractivity contribution in [2.75, 3.05) is 4.24 Å². The van der Waals surface area contributed by atoms with Crippen LogP contribution in [0.2, 0.25) is 0 Å². The molecule has 3 heteroatoms. The monoisotopic (exact) mass is 198 g/mol. The topological polar surface area (TPSA) is 0 Å². The Bertz CT molecular complexity index is 11.5. The summed E-state index contributed by atoms with van der Waals surface area (Å²) in [5, 5.41) is 0. The van der Waals surface area contributed by atoms with Gasteiger partial charge in [-0.15, -0.1) is 0 Å². The zero-order valence-corrected chi connectivity index (χ0v) is 6.76. The molecule has 0 aliphatic heterocycles. The van der Waals surface area contributed by atoms with Crippen LogP contribution in [0.5, 0.6) is 0 Å². The Balaban J connectivity index is -0.00000000667. The van der Waals surface area contributed by atoms with Crippen molar-refractivity contribution in [1.29, 1.82) is 0 Å². The van der Waals surface area contributed by atoms with E-state index in [9.17, 15) is 0 Å². The largest absolute Gasteiger partial charge is 2.00 e. The molecule has 0 bridgehead atoms. The molecule has 0 aliphatic carbocycles. The third kappa shape index (κ3) is 9.29. The Kier molecular flexibility index (Phi) is 20.3. The Morgan fingerprint density at radius 2 is 1.50 bits per heavy atom. The predicted molar refractivity (Wildman–Crippen MR) is 30.7 cm³/mol. The molecule has 0 atom stereocenters. The average molecular weight is 200 g/mol. The summed E-state index contributed by atoms with van der Waals surface area (Å²) in [7, 11) is 0. The van der Waals surface area contributed by atoms with Gasteiger partial charge in [-0.1, -0.05) is 31.9 Å². The van der Waals surface area contributed by atoms with Crippen LogP contribution in [-0.2, 0) is 0 Å². The van der Waals surface area contributed by atoms with Crippen LogP contribution in [0.25, 0.3) is 0 Å². The summed E-state index contributed by atoms with van der Waals surface area (Å²) >= 11 is 6.12. The quantitative estimate of drug-likeness (QED) is 0.411. The number of hydrogen-bond donors (Lipinski definition) is 0. The maximum atomic E-state index is 3.06. The third-order valence-electron chi connectivity index (χ3n) is 0. The van der Waals surface area contributed by atoms with Gasteiger partial charge < -0.3 is 2.85 Å². The zero-order valence-electron chi connectivity index (χ0n) is 4.17. The third-order valence-corrected chi connectivity index (χ3v) is 0. The van der Waals surface area contributed by atoms with E-state index >= 15 is 0 Å². The minimum atomic E-state index is 0. The molecule has 0 aromatic carbocycles. The van der Waals surface area contributed by atoms with Crippen LogP contribution in [-0.4, -0.2) is 27.3 Å². The van der Waals surface area contributed by atoms with Crippen molar-refractivity contribution >= 4 is 54.9 Å². The Morgan fingerprint density at radius 1 is 1.50 bits per heavy atom. The number of rotatable bonds is 0. The van der Waals surface area contributed by atoms with E-state index in [0.717, 1.165) is 4.24 Å². The van der Waals surface area contributed by atoms with E-state index in [-0.39, 0.29) is 25.9 Å². The van der Waals surface area contributed by atoms with Crippen molar-refractivity contribution in [1.82, 2.24) is 0 Å². The molecule has 0 N–H and O–H groups in total. The van der Waals surface area contributed by atoms with E-state index in [0.29, 0.717) is 0 Å². The average Bonchev–Trinajstić information content (AvgIpc) is 0.918. The van der Waals surface area contributed by atoms with Crippen LogP contribution in [0.4, 0.5) is 0 Å². The van der Waals surface area contributed by atoms with Gasteiger partial charge in [0.05, 0.1) is 4.24 Å². The second kappa shape index (κ2) is 8.83. The molecule has 0 aromatic heterocycles. The SMILES string of the molecule is BrCBr.[H-].[H-].[Mg+2]. The molecular formula is CH4Br2Mg. The summed E-state index contributed by atoms with van der Waals surface area (Å²) in [4.78, 5) is 0. The fraction of sp³-hybridized carbons (Fsp3) is 1.00. The Morgan fingerprint density at radius 3 is 1.50 bits per heavy atom. The van der Waals surface area contributed by atoms with Crippen molar-refractivity contribution in [3.05, 3.63) is 0 Å². The van der Waals surface area contributed by atoms with Gasteiger partial charge in [0.2, 0.25) is 0 Å². The van der Waals surface area contributed by atoms with E-state index in [1.54, 1.807) is 0 Å². The summed E-state index contributed by atoms with van der Waals surface area (Å²) < 4.78 is 0.875. The minimum absolute atomic E-state index is 0. The molecule has 0 radical (unpaired) electrons. The van der Waals surface area contributed by atoms with Crippen molar-refractivity contribution in [2.24, 2.45) is 0 Å². The first-order chi connectivity index (χ1) is 1.41. The smallest absolute Gasteiger partial charge is 1.00 e. The van der Waals surface area contributed by atoms with Gasteiger partial charge in [-0.2, -0.15) is 0 Å². The minimum Gasteiger partial charge on any atom is -1.00 e. The molecule has 0 amide bonds. The molecule has 4 heavy (non-hydrogen) atoms. The van der Waals surface area contributed by atoms with E-state index in [1.165, 1.54) is 0 Å². The predicted octanol–water partition coefficient (Wildman–Crippen LogP) is 1.58. The summed E-state index contributed by atoms with van der Waals surface area (Å²) in [6, 6.07) is 0. The molecule has 0 heterocycles. The molecular weight excluding hydrogens is 196 g/mol. The summed E-state index contributed by atoms with van der Waals surface area (Å²) in [6.45, 7) is 0.